The van der Waals surface area contributed by atoms with Gasteiger partial charge < -0.3 is 4.43 Å². The Morgan fingerprint density at radius 1 is 1.24 bits per heavy atom. The highest BCUT2D eigenvalue weighted by molar-refractivity contribution is 6.71. The summed E-state index contributed by atoms with van der Waals surface area (Å²) in [6, 6.07) is 0.938. The number of carbonyl (C=O) groups is 1. The van der Waals surface area contributed by atoms with Crippen molar-refractivity contribution in [2.45, 2.75) is 59.2 Å². The lowest BCUT2D eigenvalue weighted by Crippen LogP contribution is -2.31. The van der Waals surface area contributed by atoms with E-state index in [9.17, 15) is 4.79 Å². The topological polar surface area (TPSA) is 26.3 Å². The van der Waals surface area contributed by atoms with Crippen LogP contribution >= 0.6 is 0 Å². The van der Waals surface area contributed by atoms with Crippen LogP contribution in [0.25, 0.3) is 0 Å². The molecule has 0 saturated carbocycles. The van der Waals surface area contributed by atoms with Crippen molar-refractivity contribution in [3.63, 3.8) is 0 Å². The Kier molecular flexibility index (Phi) is 6.82. The average molecular weight is 307 g/mol. The van der Waals surface area contributed by atoms with Crippen LogP contribution in [0.3, 0.4) is 0 Å². The van der Waals surface area contributed by atoms with Crippen LogP contribution < -0.4 is 0 Å². The molecule has 0 N–H and O–H groups in total. The fraction of sp³-hybridized carbons (Fsp3) is 0.611. The second kappa shape index (κ2) is 7.90. The third-order valence-electron chi connectivity index (χ3n) is 3.81. The number of ketones is 1. The standard InChI is InChI=1S/C18H30O2Si/c1-16-10-9-12-18(2,3)11-7-6-8-13-21(4,5)20-15-17(19)14-16/h6-8,11,14H,9-10,12-13,15H2,1-5H3/b8-6+,11-7+,16-14+. The number of hydrogen-bond donors (Lipinski definition) is 0. The minimum absolute atomic E-state index is 0.101. The molecule has 1 heterocycles. The van der Waals surface area contributed by atoms with Gasteiger partial charge in [-0.05, 0) is 56.8 Å². The molecule has 0 aromatic heterocycles. The van der Waals surface area contributed by atoms with E-state index in [1.165, 1.54) is 0 Å². The first-order chi connectivity index (χ1) is 9.70. The smallest absolute Gasteiger partial charge is 0.191 e. The van der Waals surface area contributed by atoms with Crippen LogP contribution in [0, 0.1) is 5.41 Å². The fourth-order valence-electron chi connectivity index (χ4n) is 2.37. The summed E-state index contributed by atoms with van der Waals surface area (Å²) in [6.07, 6.45) is 13.7. The molecule has 0 fully saturated rings. The minimum atomic E-state index is -1.78. The third-order valence-corrected chi connectivity index (χ3v) is 5.95. The van der Waals surface area contributed by atoms with Crippen molar-refractivity contribution in [2.75, 3.05) is 6.61 Å². The molecule has 0 saturated heterocycles. The van der Waals surface area contributed by atoms with Gasteiger partial charge in [-0.2, -0.15) is 0 Å². The van der Waals surface area contributed by atoms with Gasteiger partial charge in [0.15, 0.2) is 14.1 Å². The molecular formula is C18H30O2Si. The van der Waals surface area contributed by atoms with E-state index in [-0.39, 0.29) is 17.8 Å². The highest BCUT2D eigenvalue weighted by Crippen LogP contribution is 2.26. The molecule has 0 aliphatic carbocycles. The van der Waals surface area contributed by atoms with Crippen LogP contribution in [0.2, 0.25) is 19.1 Å². The molecule has 0 aromatic carbocycles. The van der Waals surface area contributed by atoms with Gasteiger partial charge in [0.1, 0.15) is 0 Å². The zero-order chi connectivity index (χ0) is 15.9. The van der Waals surface area contributed by atoms with Crippen molar-refractivity contribution in [3.05, 3.63) is 36.0 Å². The number of carbonyl (C=O) groups excluding carboxylic acids is 1. The Morgan fingerprint density at radius 2 is 1.95 bits per heavy atom. The van der Waals surface area contributed by atoms with Gasteiger partial charge in [0.25, 0.3) is 0 Å². The molecule has 1 aliphatic rings. The second-order valence-electron chi connectivity index (χ2n) is 7.34. The average Bonchev–Trinajstić information content (AvgIpc) is 2.35. The summed E-state index contributed by atoms with van der Waals surface area (Å²) in [6.45, 7) is 11.1. The molecule has 118 valence electrons. The molecule has 0 bridgehead atoms. The molecule has 0 spiro atoms. The Balaban J connectivity index is 2.83. The molecule has 1 rings (SSSR count). The molecular weight excluding hydrogens is 276 g/mol. The summed E-state index contributed by atoms with van der Waals surface area (Å²) in [7, 11) is -1.78. The predicted octanol–water partition coefficient (Wildman–Crippen LogP) is 5.05. The fourth-order valence-corrected chi connectivity index (χ4v) is 3.72. The Hall–Kier alpha value is -0.933. The van der Waals surface area contributed by atoms with Gasteiger partial charge in [-0.3, -0.25) is 4.79 Å². The SMILES string of the molecule is C/C1=C\C(=O)CO[Si](C)(C)C/C=C/C=C/C(C)(C)CCC1. The van der Waals surface area contributed by atoms with E-state index in [4.69, 9.17) is 4.43 Å². The van der Waals surface area contributed by atoms with Crippen LogP contribution in [0.4, 0.5) is 0 Å². The molecule has 0 atom stereocenters. The van der Waals surface area contributed by atoms with Gasteiger partial charge in [0.05, 0.1) is 6.61 Å². The Bertz CT molecular complexity index is 442. The Labute approximate surface area is 131 Å². The molecule has 0 amide bonds. The third kappa shape index (κ3) is 8.17. The van der Waals surface area contributed by atoms with Crippen LogP contribution in [-0.4, -0.2) is 20.7 Å². The van der Waals surface area contributed by atoms with E-state index in [0.29, 0.717) is 0 Å². The monoisotopic (exact) mass is 306 g/mol. The predicted molar refractivity (Wildman–Crippen MR) is 92.9 cm³/mol. The van der Waals surface area contributed by atoms with Gasteiger partial charge in [0, 0.05) is 0 Å². The summed E-state index contributed by atoms with van der Waals surface area (Å²) in [5.41, 5.74) is 1.37. The number of rotatable bonds is 0. The van der Waals surface area contributed by atoms with E-state index in [1.807, 2.05) is 6.92 Å². The highest BCUT2D eigenvalue weighted by Gasteiger charge is 2.21. The highest BCUT2D eigenvalue weighted by atomic mass is 28.4. The van der Waals surface area contributed by atoms with Gasteiger partial charge in [0.2, 0.25) is 0 Å². The maximum absolute atomic E-state index is 11.9. The van der Waals surface area contributed by atoms with Crippen molar-refractivity contribution in [1.82, 2.24) is 0 Å². The van der Waals surface area contributed by atoms with Crippen molar-refractivity contribution < 1.29 is 9.22 Å². The van der Waals surface area contributed by atoms with Gasteiger partial charge in [-0.1, -0.05) is 43.7 Å². The maximum atomic E-state index is 11.9. The lowest BCUT2D eigenvalue weighted by molar-refractivity contribution is -0.116. The van der Waals surface area contributed by atoms with E-state index >= 15 is 0 Å². The van der Waals surface area contributed by atoms with E-state index < -0.39 is 8.32 Å². The first kappa shape index (κ1) is 18.1. The number of allylic oxidation sites excluding steroid dienone is 5. The zero-order valence-electron chi connectivity index (χ0n) is 14.2. The largest absolute Gasteiger partial charge is 0.409 e. The number of hydrogen-bond acceptors (Lipinski definition) is 2. The molecule has 2 nitrogen and oxygen atoms in total. The quantitative estimate of drug-likeness (QED) is 0.586. The molecule has 3 heteroatoms. The van der Waals surface area contributed by atoms with Gasteiger partial charge in [-0.25, -0.2) is 0 Å². The van der Waals surface area contributed by atoms with Crippen LogP contribution in [-0.2, 0) is 9.22 Å². The van der Waals surface area contributed by atoms with E-state index in [1.54, 1.807) is 6.08 Å². The van der Waals surface area contributed by atoms with Crippen LogP contribution in [0.1, 0.15) is 40.0 Å². The molecule has 21 heavy (non-hydrogen) atoms. The van der Waals surface area contributed by atoms with Crippen molar-refractivity contribution in [3.8, 4) is 0 Å². The summed E-state index contributed by atoms with van der Waals surface area (Å²) in [4.78, 5) is 11.9. The lowest BCUT2D eigenvalue weighted by atomic mass is 9.86. The second-order valence-corrected chi connectivity index (χ2v) is 11.6. The van der Waals surface area contributed by atoms with E-state index in [0.717, 1.165) is 30.9 Å². The lowest BCUT2D eigenvalue weighted by Gasteiger charge is -2.20. The first-order valence-electron chi connectivity index (χ1n) is 7.89. The molecule has 0 unspecified atom stereocenters. The minimum Gasteiger partial charge on any atom is -0.409 e. The molecule has 1 aliphatic heterocycles. The van der Waals surface area contributed by atoms with Crippen LogP contribution in [0.5, 0.6) is 0 Å². The van der Waals surface area contributed by atoms with Gasteiger partial charge in [-0.15, -0.1) is 0 Å². The first-order valence-corrected chi connectivity index (χ1v) is 11.0. The molecule has 0 radical (unpaired) electrons. The van der Waals surface area contributed by atoms with Crippen molar-refractivity contribution >= 4 is 14.1 Å². The summed E-state index contributed by atoms with van der Waals surface area (Å²) >= 11 is 0. The van der Waals surface area contributed by atoms with Gasteiger partial charge >= 0.3 is 0 Å². The summed E-state index contributed by atoms with van der Waals surface area (Å²) in [5, 5.41) is 0. The molecule has 0 aromatic rings. The van der Waals surface area contributed by atoms with Crippen molar-refractivity contribution in [2.24, 2.45) is 5.41 Å². The van der Waals surface area contributed by atoms with Crippen molar-refractivity contribution in [1.29, 1.82) is 0 Å². The zero-order valence-corrected chi connectivity index (χ0v) is 15.2. The normalized spacial score (nSPS) is 29.6. The Morgan fingerprint density at radius 3 is 2.67 bits per heavy atom. The summed E-state index contributed by atoms with van der Waals surface area (Å²) in [5.74, 6) is 0.101. The van der Waals surface area contributed by atoms with Crippen LogP contribution in [0.15, 0.2) is 36.0 Å². The summed E-state index contributed by atoms with van der Waals surface area (Å²) < 4.78 is 5.88. The maximum Gasteiger partial charge on any atom is 0.191 e. The van der Waals surface area contributed by atoms with E-state index in [2.05, 4.69) is 51.2 Å².